The van der Waals surface area contributed by atoms with Crippen LogP contribution in [0.1, 0.15) is 33.7 Å². The average Bonchev–Trinajstić information content (AvgIpc) is 2.35. The summed E-state index contributed by atoms with van der Waals surface area (Å²) in [7, 11) is 1.09. The van der Waals surface area contributed by atoms with Crippen molar-refractivity contribution in [2.45, 2.75) is 13.0 Å². The van der Waals surface area contributed by atoms with E-state index in [4.69, 9.17) is 11.0 Å². The lowest BCUT2D eigenvalue weighted by Gasteiger charge is -2.08. The first-order valence-corrected chi connectivity index (χ1v) is 4.55. The summed E-state index contributed by atoms with van der Waals surface area (Å²) in [5.74, 6) is -0.874. The minimum Gasteiger partial charge on any atom is -0.465 e. The largest absolute Gasteiger partial charge is 0.465 e. The maximum atomic E-state index is 12.5. The molecular weight excluding hydrogens is 232 g/mol. The number of rotatable bonds is 3. The molecule has 0 aliphatic heterocycles. The molecule has 17 heavy (non-hydrogen) atoms. The summed E-state index contributed by atoms with van der Waals surface area (Å²) >= 11 is 0. The lowest BCUT2D eigenvalue weighted by atomic mass is 10.1. The second kappa shape index (κ2) is 5.32. The number of ether oxygens (including phenoxy) is 1. The Morgan fingerprint density at radius 3 is 2.76 bits per heavy atom. The fourth-order valence-corrected chi connectivity index (χ4v) is 1.27. The molecule has 1 aromatic rings. The number of hydrogen-bond acceptors (Lipinski definition) is 5. The average molecular weight is 241 g/mol. The Kier molecular flexibility index (Phi) is 4.06. The summed E-state index contributed by atoms with van der Waals surface area (Å²) < 4.78 is 29.5. The highest BCUT2D eigenvalue weighted by Crippen LogP contribution is 2.22. The number of nitrogens with two attached hydrogens (primary N) is 1. The van der Waals surface area contributed by atoms with Gasteiger partial charge in [0.2, 0.25) is 0 Å². The molecule has 0 aliphatic carbocycles. The van der Waals surface area contributed by atoms with Gasteiger partial charge in [-0.15, -0.1) is 0 Å². The Balaban J connectivity index is 3.49. The predicted molar refractivity (Wildman–Crippen MR) is 53.1 cm³/mol. The number of methoxy groups -OCH3 is 1. The molecule has 0 saturated heterocycles. The van der Waals surface area contributed by atoms with E-state index in [0.29, 0.717) is 0 Å². The molecule has 0 fully saturated rings. The standard InChI is InChI=1S/C10H9F2N3O2/c1-17-10(16)5-2-7(9(11)12)15-8(4-14)6(5)3-13/h2,9H,4,14H2,1H3. The molecule has 1 aromatic heterocycles. The van der Waals surface area contributed by atoms with E-state index in [1.807, 2.05) is 0 Å². The van der Waals surface area contributed by atoms with Gasteiger partial charge in [-0.05, 0) is 6.07 Å². The number of hydrogen-bond donors (Lipinski definition) is 1. The monoisotopic (exact) mass is 241 g/mol. The van der Waals surface area contributed by atoms with Crippen molar-refractivity contribution in [3.8, 4) is 6.07 Å². The first-order chi connectivity index (χ1) is 8.04. The van der Waals surface area contributed by atoms with Crippen LogP contribution in [0.4, 0.5) is 8.78 Å². The van der Waals surface area contributed by atoms with E-state index in [1.54, 1.807) is 6.07 Å². The van der Waals surface area contributed by atoms with Gasteiger partial charge in [-0.25, -0.2) is 18.6 Å². The first-order valence-electron chi connectivity index (χ1n) is 4.55. The van der Waals surface area contributed by atoms with Crippen LogP contribution in [-0.4, -0.2) is 18.1 Å². The second-order valence-electron chi connectivity index (χ2n) is 3.02. The zero-order valence-corrected chi connectivity index (χ0v) is 8.91. The van der Waals surface area contributed by atoms with Crippen molar-refractivity contribution in [1.29, 1.82) is 5.26 Å². The Hall–Kier alpha value is -2.07. The molecule has 1 heterocycles. The number of esters is 1. The number of aromatic nitrogens is 1. The maximum Gasteiger partial charge on any atom is 0.339 e. The number of pyridine rings is 1. The second-order valence-corrected chi connectivity index (χ2v) is 3.02. The molecule has 0 atom stereocenters. The SMILES string of the molecule is COC(=O)c1cc(C(F)F)nc(CN)c1C#N. The highest BCUT2D eigenvalue weighted by atomic mass is 19.3. The van der Waals surface area contributed by atoms with Crippen molar-refractivity contribution in [2.24, 2.45) is 5.73 Å². The highest BCUT2D eigenvalue weighted by Gasteiger charge is 2.21. The lowest BCUT2D eigenvalue weighted by molar-refractivity contribution is 0.0599. The Labute approximate surface area is 95.8 Å². The summed E-state index contributed by atoms with van der Waals surface area (Å²) in [4.78, 5) is 14.9. The van der Waals surface area contributed by atoms with Crippen molar-refractivity contribution in [3.63, 3.8) is 0 Å². The van der Waals surface area contributed by atoms with Gasteiger partial charge in [0.25, 0.3) is 6.43 Å². The molecule has 0 aliphatic rings. The van der Waals surface area contributed by atoms with Crippen LogP contribution in [0.2, 0.25) is 0 Å². The zero-order chi connectivity index (χ0) is 13.0. The van der Waals surface area contributed by atoms with Gasteiger partial charge in [0.05, 0.1) is 23.9 Å². The van der Waals surface area contributed by atoms with Crippen LogP contribution in [0.3, 0.4) is 0 Å². The number of nitriles is 1. The Bertz CT molecular complexity index is 483. The molecule has 0 unspecified atom stereocenters. The van der Waals surface area contributed by atoms with Gasteiger partial charge in [0.1, 0.15) is 11.8 Å². The quantitative estimate of drug-likeness (QED) is 0.801. The predicted octanol–water partition coefficient (Wildman–Crippen LogP) is 1.14. The van der Waals surface area contributed by atoms with E-state index in [-0.39, 0.29) is 23.4 Å². The topological polar surface area (TPSA) is 89.0 Å². The fraction of sp³-hybridized carbons (Fsp3) is 0.300. The third kappa shape index (κ3) is 2.54. The Morgan fingerprint density at radius 2 is 2.35 bits per heavy atom. The van der Waals surface area contributed by atoms with E-state index >= 15 is 0 Å². The third-order valence-corrected chi connectivity index (χ3v) is 2.05. The van der Waals surface area contributed by atoms with Crippen LogP contribution >= 0.6 is 0 Å². The number of halogens is 2. The van der Waals surface area contributed by atoms with Gasteiger partial charge in [-0.3, -0.25) is 0 Å². The summed E-state index contributed by atoms with van der Waals surface area (Å²) in [5, 5.41) is 8.86. The molecule has 0 bridgehead atoms. The molecule has 0 aromatic carbocycles. The van der Waals surface area contributed by atoms with E-state index in [1.165, 1.54) is 0 Å². The van der Waals surface area contributed by atoms with Crippen LogP contribution in [0.15, 0.2) is 6.07 Å². The summed E-state index contributed by atoms with van der Waals surface area (Å²) in [5.41, 5.74) is 4.25. The van der Waals surface area contributed by atoms with Crippen LogP contribution in [0.25, 0.3) is 0 Å². The van der Waals surface area contributed by atoms with Gasteiger partial charge >= 0.3 is 5.97 Å². The van der Waals surface area contributed by atoms with Gasteiger partial charge < -0.3 is 10.5 Å². The molecule has 90 valence electrons. The van der Waals surface area contributed by atoms with E-state index in [0.717, 1.165) is 13.2 Å². The molecule has 0 radical (unpaired) electrons. The lowest BCUT2D eigenvalue weighted by Crippen LogP contribution is -2.13. The molecular formula is C10H9F2N3O2. The molecule has 1 rings (SSSR count). The number of alkyl halides is 2. The first kappa shape index (κ1) is 13.0. The van der Waals surface area contributed by atoms with Crippen molar-refractivity contribution < 1.29 is 18.3 Å². The van der Waals surface area contributed by atoms with Crippen molar-refractivity contribution in [3.05, 3.63) is 28.6 Å². The number of carbonyl (C=O) groups excluding carboxylic acids is 1. The smallest absolute Gasteiger partial charge is 0.339 e. The van der Waals surface area contributed by atoms with E-state index < -0.39 is 18.1 Å². The zero-order valence-electron chi connectivity index (χ0n) is 8.91. The number of carbonyl (C=O) groups is 1. The number of nitrogens with zero attached hydrogens (tertiary/aromatic N) is 2. The normalized spacial score (nSPS) is 10.1. The molecule has 7 heteroatoms. The maximum absolute atomic E-state index is 12.5. The van der Waals surface area contributed by atoms with E-state index in [2.05, 4.69) is 9.72 Å². The summed E-state index contributed by atoms with van der Waals surface area (Å²) in [6, 6.07) is 2.55. The van der Waals surface area contributed by atoms with Gasteiger partial charge in [-0.2, -0.15) is 5.26 Å². The van der Waals surface area contributed by atoms with Crippen molar-refractivity contribution in [1.82, 2.24) is 4.98 Å². The van der Waals surface area contributed by atoms with Gasteiger partial charge in [-0.1, -0.05) is 0 Å². The Morgan fingerprint density at radius 1 is 1.71 bits per heavy atom. The highest BCUT2D eigenvalue weighted by molar-refractivity contribution is 5.92. The van der Waals surface area contributed by atoms with Crippen LogP contribution in [-0.2, 0) is 11.3 Å². The molecule has 5 nitrogen and oxygen atoms in total. The molecule has 0 amide bonds. The van der Waals surface area contributed by atoms with Gasteiger partial charge in [0.15, 0.2) is 0 Å². The summed E-state index contributed by atoms with van der Waals surface area (Å²) in [6.07, 6.45) is -2.85. The minimum atomic E-state index is -2.85. The van der Waals surface area contributed by atoms with Crippen molar-refractivity contribution in [2.75, 3.05) is 7.11 Å². The van der Waals surface area contributed by atoms with Gasteiger partial charge in [0, 0.05) is 6.54 Å². The molecule has 2 N–H and O–H groups in total. The van der Waals surface area contributed by atoms with Crippen LogP contribution < -0.4 is 5.73 Å². The van der Waals surface area contributed by atoms with Crippen LogP contribution in [0.5, 0.6) is 0 Å². The van der Waals surface area contributed by atoms with Crippen molar-refractivity contribution >= 4 is 5.97 Å². The third-order valence-electron chi connectivity index (χ3n) is 2.05. The fourth-order valence-electron chi connectivity index (χ4n) is 1.27. The molecule has 0 spiro atoms. The van der Waals surface area contributed by atoms with E-state index in [9.17, 15) is 13.6 Å². The van der Waals surface area contributed by atoms with Crippen LogP contribution in [0, 0.1) is 11.3 Å². The summed E-state index contributed by atoms with van der Waals surface area (Å²) in [6.45, 7) is -0.215. The minimum absolute atomic E-state index is 0.0503. The molecule has 0 saturated carbocycles.